The molecule has 0 N–H and O–H groups in total. The minimum Gasteiger partial charge on any atom is -0.298 e. The van der Waals surface area contributed by atoms with Crippen molar-refractivity contribution in [2.24, 2.45) is 0 Å². The van der Waals surface area contributed by atoms with Gasteiger partial charge in [-0.1, -0.05) is 78.1 Å². The molecule has 0 radical (unpaired) electrons. The maximum atomic E-state index is 10.7. The van der Waals surface area contributed by atoms with Gasteiger partial charge in [-0.2, -0.15) is 0 Å². The van der Waals surface area contributed by atoms with Crippen LogP contribution in [0.1, 0.15) is 27.0 Å². The maximum Gasteiger partial charge on any atom is 0.150 e. The molecule has 0 aromatic heterocycles. The van der Waals surface area contributed by atoms with Crippen LogP contribution >= 0.6 is 0 Å². The zero-order valence-corrected chi connectivity index (χ0v) is 14.1. The lowest BCUT2D eigenvalue weighted by atomic mass is 9.98. The minimum atomic E-state index is 0.660. The first kappa shape index (κ1) is 16.5. The molecule has 0 saturated carbocycles. The lowest BCUT2D eigenvalue weighted by molar-refractivity contribution is 0.112. The van der Waals surface area contributed by atoms with Crippen LogP contribution < -0.4 is 0 Å². The number of rotatable bonds is 3. The molecule has 0 amide bonds. The van der Waals surface area contributed by atoms with E-state index in [2.05, 4.69) is 55.2 Å². The van der Waals surface area contributed by atoms with E-state index in [9.17, 15) is 4.79 Å². The van der Waals surface area contributed by atoms with Crippen LogP contribution in [0.3, 0.4) is 0 Å². The normalized spacial score (nSPS) is 10.3. The third kappa shape index (κ3) is 4.34. The number of carbonyl (C=O) groups excluding carboxylic acids is 1. The van der Waals surface area contributed by atoms with Crippen molar-refractivity contribution >= 4 is 12.4 Å². The maximum absolute atomic E-state index is 10.7. The Bertz CT molecular complexity index is 949. The lowest BCUT2D eigenvalue weighted by Crippen LogP contribution is -1.83. The average molecular weight is 322 g/mol. The van der Waals surface area contributed by atoms with Crippen molar-refractivity contribution in [3.63, 3.8) is 0 Å². The summed E-state index contributed by atoms with van der Waals surface area (Å²) in [4.78, 5) is 10.7. The van der Waals surface area contributed by atoms with Crippen LogP contribution in [0, 0.1) is 18.8 Å². The van der Waals surface area contributed by atoms with Crippen LogP contribution in [0.25, 0.3) is 17.2 Å². The van der Waals surface area contributed by atoms with E-state index < -0.39 is 0 Å². The Morgan fingerprint density at radius 1 is 0.840 bits per heavy atom. The zero-order chi connectivity index (χ0) is 17.5. The topological polar surface area (TPSA) is 17.1 Å². The first-order valence-electron chi connectivity index (χ1n) is 8.16. The molecule has 120 valence electrons. The summed E-state index contributed by atoms with van der Waals surface area (Å²) in [5.74, 6) is 6.14. The smallest absolute Gasteiger partial charge is 0.150 e. The first-order valence-corrected chi connectivity index (χ1v) is 8.16. The van der Waals surface area contributed by atoms with Crippen molar-refractivity contribution in [1.82, 2.24) is 0 Å². The molecule has 0 spiro atoms. The van der Waals surface area contributed by atoms with Gasteiger partial charge in [-0.05, 0) is 47.9 Å². The highest BCUT2D eigenvalue weighted by atomic mass is 16.1. The van der Waals surface area contributed by atoms with Crippen molar-refractivity contribution in [2.75, 3.05) is 0 Å². The number of allylic oxidation sites excluding steroid dienone is 1. The molecule has 0 saturated heterocycles. The Labute approximate surface area is 148 Å². The second-order valence-corrected chi connectivity index (χ2v) is 5.80. The molecule has 0 heterocycles. The van der Waals surface area contributed by atoms with Gasteiger partial charge < -0.3 is 0 Å². The van der Waals surface area contributed by atoms with Crippen LogP contribution in [0.4, 0.5) is 0 Å². The predicted octanol–water partition coefficient (Wildman–Crippen LogP) is 5.54. The molecule has 1 heteroatoms. The Hall–Kier alpha value is -3.37. The van der Waals surface area contributed by atoms with E-state index >= 15 is 0 Å². The number of aldehydes is 1. The summed E-state index contributed by atoms with van der Waals surface area (Å²) < 4.78 is 0. The lowest BCUT2D eigenvalue weighted by Gasteiger charge is -2.06. The standard InChI is InChI=1S/C24H18O/c1-19-10-16-23(17-11-19)24-9-5-4-8-22(24)7-3-2-6-20-12-14-21(18-25)15-13-20/h3-5,7-18H,1H3. The van der Waals surface area contributed by atoms with Gasteiger partial charge in [0, 0.05) is 11.1 Å². The molecule has 0 unspecified atom stereocenters. The fourth-order valence-corrected chi connectivity index (χ4v) is 2.54. The largest absolute Gasteiger partial charge is 0.298 e. The average Bonchev–Trinajstić information content (AvgIpc) is 2.67. The van der Waals surface area contributed by atoms with Gasteiger partial charge in [-0.3, -0.25) is 4.79 Å². The first-order chi connectivity index (χ1) is 12.3. The van der Waals surface area contributed by atoms with Crippen LogP contribution in [-0.4, -0.2) is 6.29 Å². The molecule has 0 bridgehead atoms. The summed E-state index contributed by atoms with van der Waals surface area (Å²) in [6, 6.07) is 24.1. The number of hydrogen-bond acceptors (Lipinski definition) is 1. The summed E-state index contributed by atoms with van der Waals surface area (Å²) in [7, 11) is 0. The van der Waals surface area contributed by atoms with Crippen molar-refractivity contribution < 1.29 is 4.79 Å². The van der Waals surface area contributed by atoms with Gasteiger partial charge in [0.1, 0.15) is 6.29 Å². The molecule has 0 fully saturated rings. The number of carbonyl (C=O) groups is 1. The zero-order valence-electron chi connectivity index (χ0n) is 14.1. The quantitative estimate of drug-likeness (QED) is 0.457. The van der Waals surface area contributed by atoms with Crippen LogP contribution in [0.15, 0.2) is 78.9 Å². The number of aryl methyl sites for hydroxylation is 1. The summed E-state index contributed by atoms with van der Waals surface area (Å²) in [6.45, 7) is 2.09. The number of hydrogen-bond donors (Lipinski definition) is 0. The Morgan fingerprint density at radius 2 is 1.56 bits per heavy atom. The minimum absolute atomic E-state index is 0.660. The third-order valence-electron chi connectivity index (χ3n) is 3.93. The second kappa shape index (κ2) is 7.95. The van der Waals surface area contributed by atoms with E-state index in [0.29, 0.717) is 5.56 Å². The van der Waals surface area contributed by atoms with E-state index in [1.165, 1.54) is 16.7 Å². The van der Waals surface area contributed by atoms with Crippen LogP contribution in [-0.2, 0) is 0 Å². The molecule has 1 nitrogen and oxygen atoms in total. The Kier molecular flexibility index (Phi) is 5.24. The van der Waals surface area contributed by atoms with Gasteiger partial charge in [0.25, 0.3) is 0 Å². The molecule has 3 aromatic rings. The van der Waals surface area contributed by atoms with Crippen LogP contribution in [0.2, 0.25) is 0 Å². The summed E-state index contributed by atoms with van der Waals surface area (Å²) >= 11 is 0. The number of benzene rings is 3. The van der Waals surface area contributed by atoms with Crippen LogP contribution in [0.5, 0.6) is 0 Å². The van der Waals surface area contributed by atoms with Gasteiger partial charge in [0.05, 0.1) is 0 Å². The molecule has 3 rings (SSSR count). The molecular formula is C24H18O. The Balaban J connectivity index is 1.81. The molecule has 3 aromatic carbocycles. The van der Waals surface area contributed by atoms with E-state index in [1.807, 2.05) is 36.4 Å². The van der Waals surface area contributed by atoms with Gasteiger partial charge in [-0.15, -0.1) is 0 Å². The van der Waals surface area contributed by atoms with Gasteiger partial charge in [-0.25, -0.2) is 0 Å². The van der Waals surface area contributed by atoms with Gasteiger partial charge >= 0.3 is 0 Å². The monoisotopic (exact) mass is 322 g/mol. The highest BCUT2D eigenvalue weighted by Gasteiger charge is 2.01. The van der Waals surface area contributed by atoms with E-state index in [0.717, 1.165) is 17.4 Å². The highest BCUT2D eigenvalue weighted by molar-refractivity contribution is 5.76. The third-order valence-corrected chi connectivity index (χ3v) is 3.93. The summed E-state index contributed by atoms with van der Waals surface area (Å²) in [6.07, 6.45) is 4.72. The molecular weight excluding hydrogens is 304 g/mol. The van der Waals surface area contributed by atoms with Gasteiger partial charge in [0.15, 0.2) is 0 Å². The molecule has 0 atom stereocenters. The highest BCUT2D eigenvalue weighted by Crippen LogP contribution is 2.24. The molecule has 0 aliphatic rings. The van der Waals surface area contributed by atoms with Crippen molar-refractivity contribution in [1.29, 1.82) is 0 Å². The van der Waals surface area contributed by atoms with Gasteiger partial charge in [0.2, 0.25) is 0 Å². The summed E-state index contributed by atoms with van der Waals surface area (Å²) in [5.41, 5.74) is 6.33. The fourth-order valence-electron chi connectivity index (χ4n) is 2.54. The molecule has 25 heavy (non-hydrogen) atoms. The van der Waals surface area contributed by atoms with E-state index in [4.69, 9.17) is 0 Å². The van der Waals surface area contributed by atoms with Crippen molar-refractivity contribution in [3.05, 3.63) is 101 Å². The second-order valence-electron chi connectivity index (χ2n) is 5.80. The predicted molar refractivity (Wildman–Crippen MR) is 104 cm³/mol. The van der Waals surface area contributed by atoms with Crippen molar-refractivity contribution in [2.45, 2.75) is 6.92 Å². The molecule has 0 aliphatic carbocycles. The molecule has 0 aliphatic heterocycles. The fraction of sp³-hybridized carbons (Fsp3) is 0.0417. The summed E-state index contributed by atoms with van der Waals surface area (Å²) in [5, 5.41) is 0. The van der Waals surface area contributed by atoms with Crippen molar-refractivity contribution in [3.8, 4) is 23.0 Å². The van der Waals surface area contributed by atoms with E-state index in [1.54, 1.807) is 12.1 Å². The SMILES string of the molecule is Cc1ccc(-c2ccccc2C=CC#Cc2ccc(C=O)cc2)cc1. The Morgan fingerprint density at radius 3 is 2.28 bits per heavy atom. The van der Waals surface area contributed by atoms with E-state index in [-0.39, 0.29) is 0 Å².